The smallest absolute Gasteiger partial charge is 0.151 e. The molecule has 0 aromatic carbocycles. The van der Waals surface area contributed by atoms with Crippen molar-refractivity contribution in [1.29, 1.82) is 0 Å². The first kappa shape index (κ1) is 12.6. The van der Waals surface area contributed by atoms with Crippen molar-refractivity contribution >= 4 is 11.6 Å². The Morgan fingerprint density at radius 2 is 1.30 bits per heavy atom. The molecule has 0 bridgehead atoms. The molecule has 0 aliphatic heterocycles. The minimum absolute atomic E-state index is 0.349. The molecule has 98 valence electrons. The summed E-state index contributed by atoms with van der Waals surface area (Å²) in [6.07, 6.45) is 0. The maximum Gasteiger partial charge on any atom is 0.151 e. The lowest BCUT2D eigenvalue weighted by Gasteiger charge is -2.02. The van der Waals surface area contributed by atoms with Crippen LogP contribution in [-0.2, 0) is 0 Å². The average molecular weight is 284 g/mol. The number of aryl methyl sites for hydroxylation is 1. The van der Waals surface area contributed by atoms with Gasteiger partial charge in [-0.1, -0.05) is 17.7 Å². The van der Waals surface area contributed by atoms with Crippen molar-refractivity contribution in [3.05, 3.63) is 53.3 Å². The normalized spacial score (nSPS) is 10.5. The molecule has 3 rings (SSSR count). The van der Waals surface area contributed by atoms with Crippen molar-refractivity contribution in [2.75, 3.05) is 0 Å². The molecule has 0 aliphatic carbocycles. The van der Waals surface area contributed by atoms with Gasteiger partial charge >= 0.3 is 0 Å². The molecule has 3 heterocycles. The van der Waals surface area contributed by atoms with Crippen LogP contribution in [0.5, 0.6) is 0 Å². The molecule has 0 N–H and O–H groups in total. The number of hydrogen-bond donors (Lipinski definition) is 0. The van der Waals surface area contributed by atoms with Gasteiger partial charge in [0.1, 0.15) is 17.1 Å². The van der Waals surface area contributed by atoms with Crippen LogP contribution in [0, 0.1) is 6.92 Å². The van der Waals surface area contributed by atoms with Crippen LogP contribution in [0.4, 0.5) is 0 Å². The van der Waals surface area contributed by atoms with Gasteiger partial charge in [0, 0.05) is 5.69 Å². The predicted molar refractivity (Wildman–Crippen MR) is 76.0 cm³/mol. The summed E-state index contributed by atoms with van der Waals surface area (Å²) in [5, 5.41) is 16.4. The van der Waals surface area contributed by atoms with E-state index in [1.807, 2.05) is 37.3 Å². The number of halogens is 1. The minimum atomic E-state index is 0.349. The Morgan fingerprint density at radius 3 is 1.85 bits per heavy atom. The zero-order chi connectivity index (χ0) is 13.9. The Bertz CT molecular complexity index is 725. The summed E-state index contributed by atoms with van der Waals surface area (Å²) < 4.78 is 0. The zero-order valence-corrected chi connectivity index (χ0v) is 11.4. The second-order valence-electron chi connectivity index (χ2n) is 4.21. The maximum atomic E-state index is 5.70. The van der Waals surface area contributed by atoms with Crippen LogP contribution in [0.3, 0.4) is 0 Å². The van der Waals surface area contributed by atoms with Gasteiger partial charge in [-0.3, -0.25) is 4.98 Å². The largest absolute Gasteiger partial charge is 0.251 e. The topological polar surface area (TPSA) is 64.5 Å². The third kappa shape index (κ3) is 2.62. The molecule has 0 unspecified atom stereocenters. The van der Waals surface area contributed by atoms with Gasteiger partial charge in [-0.05, 0) is 43.3 Å². The second kappa shape index (κ2) is 5.30. The van der Waals surface area contributed by atoms with Crippen LogP contribution in [0.1, 0.15) is 5.69 Å². The molecule has 3 aromatic rings. The first-order chi connectivity index (χ1) is 9.72. The molecule has 5 nitrogen and oxygen atoms in total. The quantitative estimate of drug-likeness (QED) is 0.723. The first-order valence-corrected chi connectivity index (χ1v) is 6.37. The molecule has 20 heavy (non-hydrogen) atoms. The summed E-state index contributed by atoms with van der Waals surface area (Å²) in [6, 6.07) is 12.9. The molecular weight excluding hydrogens is 274 g/mol. The molecule has 0 fully saturated rings. The number of hydrogen-bond acceptors (Lipinski definition) is 5. The standard InChI is InChI=1S/C14H10ClN5/c1-9-3-2-4-10(16-9)11-5-6-12(18-17-11)13-7-8-14(15)20-19-13/h2-8H,1H3. The van der Waals surface area contributed by atoms with Crippen LogP contribution in [-0.4, -0.2) is 25.4 Å². The lowest BCUT2D eigenvalue weighted by Crippen LogP contribution is -1.95. The van der Waals surface area contributed by atoms with Gasteiger partial charge in [0.05, 0.1) is 5.69 Å². The fourth-order valence-electron chi connectivity index (χ4n) is 1.74. The monoisotopic (exact) mass is 283 g/mol. The van der Waals surface area contributed by atoms with Crippen molar-refractivity contribution in [2.45, 2.75) is 6.92 Å². The van der Waals surface area contributed by atoms with Gasteiger partial charge in [-0.15, -0.1) is 20.4 Å². The summed E-state index contributed by atoms with van der Waals surface area (Å²) in [4.78, 5) is 4.41. The molecule has 0 amide bonds. The maximum absolute atomic E-state index is 5.70. The summed E-state index contributed by atoms with van der Waals surface area (Å²) in [6.45, 7) is 1.94. The third-order valence-electron chi connectivity index (χ3n) is 2.71. The summed E-state index contributed by atoms with van der Waals surface area (Å²) in [5.74, 6) is 0. The average Bonchev–Trinajstić information content (AvgIpc) is 2.48. The fourth-order valence-corrected chi connectivity index (χ4v) is 1.84. The van der Waals surface area contributed by atoms with Gasteiger partial charge in [-0.25, -0.2) is 0 Å². The number of nitrogens with zero attached hydrogens (tertiary/aromatic N) is 5. The van der Waals surface area contributed by atoms with E-state index in [-0.39, 0.29) is 0 Å². The Morgan fingerprint density at radius 1 is 0.700 bits per heavy atom. The van der Waals surface area contributed by atoms with Gasteiger partial charge in [0.25, 0.3) is 0 Å². The van der Waals surface area contributed by atoms with Crippen molar-refractivity contribution in [3.8, 4) is 22.8 Å². The van der Waals surface area contributed by atoms with E-state index in [1.165, 1.54) is 0 Å². The highest BCUT2D eigenvalue weighted by molar-refractivity contribution is 6.29. The van der Waals surface area contributed by atoms with Crippen molar-refractivity contribution in [2.24, 2.45) is 0 Å². The van der Waals surface area contributed by atoms with E-state index in [2.05, 4.69) is 25.4 Å². The Balaban J connectivity index is 1.93. The molecule has 6 heteroatoms. The molecule has 0 saturated heterocycles. The Kier molecular flexibility index (Phi) is 3.35. The van der Waals surface area contributed by atoms with Crippen LogP contribution < -0.4 is 0 Å². The van der Waals surface area contributed by atoms with E-state index in [1.54, 1.807) is 12.1 Å². The van der Waals surface area contributed by atoms with E-state index in [4.69, 9.17) is 11.6 Å². The molecule has 0 aliphatic rings. The van der Waals surface area contributed by atoms with Crippen LogP contribution in [0.2, 0.25) is 5.15 Å². The molecular formula is C14H10ClN5. The Hall–Kier alpha value is -2.40. The van der Waals surface area contributed by atoms with E-state index in [0.29, 0.717) is 16.5 Å². The summed E-state index contributed by atoms with van der Waals surface area (Å²) in [7, 11) is 0. The first-order valence-electron chi connectivity index (χ1n) is 6.00. The van der Waals surface area contributed by atoms with Crippen LogP contribution in [0.25, 0.3) is 22.8 Å². The Labute approximate surface area is 120 Å². The fraction of sp³-hybridized carbons (Fsp3) is 0.0714. The van der Waals surface area contributed by atoms with Gasteiger partial charge in [0.15, 0.2) is 5.15 Å². The highest BCUT2D eigenvalue weighted by Crippen LogP contribution is 2.18. The van der Waals surface area contributed by atoms with Crippen molar-refractivity contribution in [3.63, 3.8) is 0 Å². The van der Waals surface area contributed by atoms with E-state index in [9.17, 15) is 0 Å². The van der Waals surface area contributed by atoms with E-state index >= 15 is 0 Å². The lowest BCUT2D eigenvalue weighted by atomic mass is 10.2. The number of aromatic nitrogens is 5. The van der Waals surface area contributed by atoms with Gasteiger partial charge in [-0.2, -0.15) is 0 Å². The summed E-state index contributed by atoms with van der Waals surface area (Å²) in [5.41, 5.74) is 3.73. The predicted octanol–water partition coefficient (Wildman–Crippen LogP) is 2.96. The van der Waals surface area contributed by atoms with Crippen molar-refractivity contribution in [1.82, 2.24) is 25.4 Å². The number of pyridine rings is 1. The molecule has 0 spiro atoms. The highest BCUT2D eigenvalue weighted by atomic mass is 35.5. The minimum Gasteiger partial charge on any atom is -0.251 e. The van der Waals surface area contributed by atoms with E-state index in [0.717, 1.165) is 17.1 Å². The highest BCUT2D eigenvalue weighted by Gasteiger charge is 2.06. The lowest BCUT2D eigenvalue weighted by molar-refractivity contribution is 0.988. The second-order valence-corrected chi connectivity index (χ2v) is 4.60. The molecule has 0 atom stereocenters. The van der Waals surface area contributed by atoms with Crippen LogP contribution in [0.15, 0.2) is 42.5 Å². The summed E-state index contributed by atoms with van der Waals surface area (Å²) >= 11 is 5.70. The zero-order valence-electron chi connectivity index (χ0n) is 10.7. The SMILES string of the molecule is Cc1cccc(-c2ccc(-c3ccc(Cl)nn3)nn2)n1. The van der Waals surface area contributed by atoms with E-state index < -0.39 is 0 Å². The molecule has 0 radical (unpaired) electrons. The molecule has 3 aromatic heterocycles. The molecule has 0 saturated carbocycles. The van der Waals surface area contributed by atoms with Crippen LogP contribution >= 0.6 is 11.6 Å². The van der Waals surface area contributed by atoms with Gasteiger partial charge < -0.3 is 0 Å². The third-order valence-corrected chi connectivity index (χ3v) is 2.91. The van der Waals surface area contributed by atoms with Gasteiger partial charge in [0.2, 0.25) is 0 Å². The number of rotatable bonds is 2. The van der Waals surface area contributed by atoms with Crippen molar-refractivity contribution < 1.29 is 0 Å².